The number of aromatic nitrogens is 2. The van der Waals surface area contributed by atoms with Crippen LogP contribution >= 0.6 is 23.2 Å². The lowest BCUT2D eigenvalue weighted by Gasteiger charge is -2.30. The third kappa shape index (κ3) is 3.98. The number of benzene rings is 1. The van der Waals surface area contributed by atoms with Gasteiger partial charge < -0.3 is 10.1 Å². The van der Waals surface area contributed by atoms with Crippen molar-refractivity contribution in [3.05, 3.63) is 30.1 Å². The summed E-state index contributed by atoms with van der Waals surface area (Å²) in [6.07, 6.45) is 6.77. The summed E-state index contributed by atoms with van der Waals surface area (Å²) in [6, 6.07) is 5.64. The van der Waals surface area contributed by atoms with Gasteiger partial charge in [0.1, 0.15) is 17.4 Å². The summed E-state index contributed by atoms with van der Waals surface area (Å²) >= 11 is 12.8. The molecule has 0 spiro atoms. The van der Waals surface area contributed by atoms with Gasteiger partial charge in [-0.3, -0.25) is 9.56 Å². The van der Waals surface area contributed by atoms with Crippen LogP contribution in [0.5, 0.6) is 5.75 Å². The average Bonchev–Trinajstić information content (AvgIpc) is 3.08. The molecule has 0 radical (unpaired) electrons. The van der Waals surface area contributed by atoms with Crippen molar-refractivity contribution < 1.29 is 13.2 Å². The normalized spacial score (nSPS) is 27.5. The van der Waals surface area contributed by atoms with Crippen molar-refractivity contribution >= 4 is 56.1 Å². The number of nitrogens with zero attached hydrogens (tertiary/aromatic N) is 3. The van der Waals surface area contributed by atoms with Crippen LogP contribution < -0.4 is 10.1 Å². The number of hydrogen-bond donors (Lipinski definition) is 1. The molecule has 0 amide bonds. The molecule has 4 rings (SSSR count). The van der Waals surface area contributed by atoms with Crippen LogP contribution in [0.15, 0.2) is 29.3 Å². The van der Waals surface area contributed by atoms with E-state index in [0.717, 1.165) is 36.0 Å². The van der Waals surface area contributed by atoms with Crippen molar-refractivity contribution in [3.8, 4) is 5.75 Å². The van der Waals surface area contributed by atoms with Crippen LogP contribution in [0.2, 0.25) is 0 Å². The first-order valence-corrected chi connectivity index (χ1v) is 12.1. The molecule has 2 aliphatic rings. The van der Waals surface area contributed by atoms with Gasteiger partial charge in [0.2, 0.25) is 5.50 Å². The zero-order valence-corrected chi connectivity index (χ0v) is 18.4. The maximum Gasteiger partial charge on any atom is 0.222 e. The third-order valence-corrected chi connectivity index (χ3v) is 7.50. The lowest BCUT2D eigenvalue weighted by atomic mass is 9.88. The summed E-state index contributed by atoms with van der Waals surface area (Å²) in [6.45, 7) is 0. The number of alkyl halides is 2. The predicted molar refractivity (Wildman–Crippen MR) is 117 cm³/mol. The summed E-state index contributed by atoms with van der Waals surface area (Å²) in [5, 5.41) is 2.83. The molecule has 2 aromatic rings. The Labute approximate surface area is 179 Å². The van der Waals surface area contributed by atoms with Crippen LogP contribution in [0.25, 0.3) is 16.9 Å². The number of ether oxygens (including phenoxy) is 1. The molecule has 0 bridgehead atoms. The minimum Gasteiger partial charge on any atom is -0.497 e. The van der Waals surface area contributed by atoms with E-state index in [-0.39, 0.29) is 16.7 Å². The van der Waals surface area contributed by atoms with Gasteiger partial charge >= 0.3 is 0 Å². The molecule has 29 heavy (non-hydrogen) atoms. The molecule has 10 heteroatoms. The molecule has 1 fully saturated rings. The van der Waals surface area contributed by atoms with Crippen molar-refractivity contribution in [2.75, 3.05) is 13.4 Å². The van der Waals surface area contributed by atoms with Gasteiger partial charge in [0.15, 0.2) is 9.84 Å². The second-order valence-electron chi connectivity index (χ2n) is 7.38. The molecule has 1 aromatic carbocycles. The van der Waals surface area contributed by atoms with E-state index in [2.05, 4.69) is 10.3 Å². The summed E-state index contributed by atoms with van der Waals surface area (Å²) in [7, 11) is -1.80. The standard InChI is InChI=1S/C19H22Cl2N4O3S/c1-28-12-4-6-16-15(10-12)23-18(11-3-5-13(20)14(21)9-11)25(16)17-7-8-22-19(24-17)29(2,26)27/h4,6-8,10-11,13-14,19,24H,3,5,9H2,1-2H3. The van der Waals surface area contributed by atoms with Crippen molar-refractivity contribution in [3.63, 3.8) is 0 Å². The van der Waals surface area contributed by atoms with Gasteiger partial charge in [-0.1, -0.05) is 0 Å². The Hall–Kier alpha value is -1.77. The second-order valence-corrected chi connectivity index (χ2v) is 10.6. The van der Waals surface area contributed by atoms with E-state index in [1.165, 1.54) is 6.21 Å². The Bertz CT molecular complexity index is 1100. The van der Waals surface area contributed by atoms with Gasteiger partial charge in [-0.2, -0.15) is 0 Å². The van der Waals surface area contributed by atoms with E-state index in [9.17, 15) is 8.42 Å². The minimum atomic E-state index is -3.41. The van der Waals surface area contributed by atoms with Gasteiger partial charge in [0, 0.05) is 29.8 Å². The van der Waals surface area contributed by atoms with Crippen LogP contribution in [0.4, 0.5) is 0 Å². The highest BCUT2D eigenvalue weighted by Gasteiger charge is 2.33. The topological polar surface area (TPSA) is 85.6 Å². The summed E-state index contributed by atoms with van der Waals surface area (Å²) < 4.78 is 31.4. The predicted octanol–water partition coefficient (Wildman–Crippen LogP) is 3.33. The number of nitrogens with one attached hydrogen (secondary N) is 1. The Kier molecular flexibility index (Phi) is 5.52. The van der Waals surface area contributed by atoms with Crippen LogP contribution in [0.1, 0.15) is 31.0 Å². The number of fused-ring (bicyclic) bond motifs is 1. The number of halogens is 2. The molecular formula is C19H22Cl2N4O3S. The second kappa shape index (κ2) is 7.81. The number of methoxy groups -OCH3 is 1. The van der Waals surface area contributed by atoms with Gasteiger partial charge in [-0.05, 0) is 37.5 Å². The molecule has 1 aliphatic heterocycles. The van der Waals surface area contributed by atoms with Crippen molar-refractivity contribution in [1.29, 1.82) is 0 Å². The van der Waals surface area contributed by atoms with Crippen LogP contribution in [-0.4, -0.2) is 53.8 Å². The highest BCUT2D eigenvalue weighted by atomic mass is 35.5. The lowest BCUT2D eigenvalue weighted by Crippen LogP contribution is -2.37. The number of aliphatic imine (C=N–C) groups is 1. The Morgan fingerprint density at radius 3 is 2.72 bits per heavy atom. The Morgan fingerprint density at radius 2 is 2.03 bits per heavy atom. The van der Waals surface area contributed by atoms with Gasteiger partial charge in [0.05, 0.1) is 23.5 Å². The number of allylic oxidation sites excluding steroid dienone is 1. The monoisotopic (exact) mass is 456 g/mol. The van der Waals surface area contributed by atoms with Crippen LogP contribution in [0.3, 0.4) is 0 Å². The minimum absolute atomic E-state index is 0.0559. The molecule has 0 saturated heterocycles. The van der Waals surface area contributed by atoms with Crippen molar-refractivity contribution in [2.24, 2.45) is 4.99 Å². The van der Waals surface area contributed by atoms with Crippen LogP contribution in [-0.2, 0) is 9.84 Å². The Balaban J connectivity index is 1.83. The Morgan fingerprint density at radius 1 is 1.24 bits per heavy atom. The van der Waals surface area contributed by atoms with E-state index in [4.69, 9.17) is 32.9 Å². The van der Waals surface area contributed by atoms with Crippen molar-refractivity contribution in [2.45, 2.75) is 41.4 Å². The highest BCUT2D eigenvalue weighted by molar-refractivity contribution is 7.91. The zero-order chi connectivity index (χ0) is 20.8. The highest BCUT2D eigenvalue weighted by Crippen LogP contribution is 2.39. The number of hydrogen-bond acceptors (Lipinski definition) is 6. The maximum atomic E-state index is 12.0. The van der Waals surface area contributed by atoms with Gasteiger partial charge in [-0.25, -0.2) is 13.4 Å². The van der Waals surface area contributed by atoms with E-state index in [1.54, 1.807) is 13.2 Å². The largest absolute Gasteiger partial charge is 0.497 e. The number of rotatable bonds is 4. The summed E-state index contributed by atoms with van der Waals surface area (Å²) in [5.41, 5.74) is 0.575. The molecule has 156 valence electrons. The molecule has 7 nitrogen and oxygen atoms in total. The molecule has 1 aromatic heterocycles. The summed E-state index contributed by atoms with van der Waals surface area (Å²) in [4.78, 5) is 8.91. The fourth-order valence-corrected chi connectivity index (χ4v) is 5.00. The van der Waals surface area contributed by atoms with Crippen molar-refractivity contribution in [1.82, 2.24) is 14.9 Å². The van der Waals surface area contributed by atoms with E-state index >= 15 is 0 Å². The van der Waals surface area contributed by atoms with E-state index in [1.807, 2.05) is 22.8 Å². The summed E-state index contributed by atoms with van der Waals surface area (Å²) in [5.74, 6) is 2.24. The molecular weight excluding hydrogens is 435 g/mol. The first-order valence-electron chi connectivity index (χ1n) is 9.31. The first-order chi connectivity index (χ1) is 13.8. The van der Waals surface area contributed by atoms with E-state index in [0.29, 0.717) is 18.0 Å². The van der Waals surface area contributed by atoms with Gasteiger partial charge in [-0.15, -0.1) is 23.2 Å². The fourth-order valence-electron chi connectivity index (χ4n) is 3.81. The third-order valence-electron chi connectivity index (χ3n) is 5.32. The molecule has 2 heterocycles. The SMILES string of the molecule is COc1ccc2c(c1)nc(C1CCC(Cl)C(Cl)C1)n2C1=CC=NC(S(C)(=O)=O)N1. The average molecular weight is 457 g/mol. The first kappa shape index (κ1) is 20.5. The fraction of sp³-hybridized carbons (Fsp3) is 0.474. The molecule has 4 unspecified atom stereocenters. The maximum absolute atomic E-state index is 12.0. The quantitative estimate of drug-likeness (QED) is 0.712. The lowest BCUT2D eigenvalue weighted by molar-refractivity contribution is 0.415. The number of sulfone groups is 1. The smallest absolute Gasteiger partial charge is 0.222 e. The molecule has 1 aliphatic carbocycles. The van der Waals surface area contributed by atoms with E-state index < -0.39 is 15.3 Å². The van der Waals surface area contributed by atoms with Crippen LogP contribution in [0, 0.1) is 0 Å². The van der Waals surface area contributed by atoms with Gasteiger partial charge in [0.25, 0.3) is 0 Å². The zero-order valence-electron chi connectivity index (χ0n) is 16.0. The molecule has 1 saturated carbocycles. The molecule has 4 atom stereocenters. The molecule has 1 N–H and O–H groups in total. The number of imidazole rings is 1.